The number of nitrogens with zero attached hydrogens (tertiary/aromatic N) is 4. The fraction of sp³-hybridized carbons (Fsp3) is 0.200. The summed E-state index contributed by atoms with van der Waals surface area (Å²) in [5.41, 5.74) is -0.0894. The molecule has 0 aliphatic carbocycles. The highest BCUT2D eigenvalue weighted by Crippen LogP contribution is 2.27. The van der Waals surface area contributed by atoms with E-state index in [9.17, 15) is 18.0 Å². The highest BCUT2D eigenvalue weighted by Gasteiger charge is 2.31. The molecule has 0 radical (unpaired) electrons. The molecule has 0 fully saturated rings. The molecule has 28 heavy (non-hydrogen) atoms. The van der Waals surface area contributed by atoms with Gasteiger partial charge in [-0.05, 0) is 47.7 Å². The van der Waals surface area contributed by atoms with E-state index in [2.05, 4.69) is 47.7 Å². The third kappa shape index (κ3) is 5.11. The average molecular weight is 544 g/mol. The lowest BCUT2D eigenvalue weighted by molar-refractivity contribution is -0.274. The lowest BCUT2D eigenvalue weighted by atomic mass is 10.2. The van der Waals surface area contributed by atoms with E-state index in [1.54, 1.807) is 13.1 Å². The van der Waals surface area contributed by atoms with Crippen LogP contribution in [0.25, 0.3) is 5.13 Å². The third-order valence-corrected chi connectivity index (χ3v) is 5.24. The van der Waals surface area contributed by atoms with Crippen molar-refractivity contribution in [1.29, 1.82) is 0 Å². The van der Waals surface area contributed by atoms with Crippen LogP contribution in [-0.4, -0.2) is 32.0 Å². The molecule has 1 atom stereocenters. The van der Waals surface area contributed by atoms with Gasteiger partial charge >= 0.3 is 6.36 Å². The van der Waals surface area contributed by atoms with Gasteiger partial charge in [-0.25, -0.2) is 9.97 Å². The Bertz CT molecular complexity index is 1010. The van der Waals surface area contributed by atoms with Gasteiger partial charge in [0.2, 0.25) is 5.13 Å². The minimum Gasteiger partial charge on any atom is -0.406 e. The molecule has 148 valence electrons. The van der Waals surface area contributed by atoms with E-state index in [0.717, 1.165) is 15.0 Å². The molecule has 0 bridgehead atoms. The van der Waals surface area contributed by atoms with Gasteiger partial charge in [-0.3, -0.25) is 4.79 Å². The molecule has 0 spiro atoms. The van der Waals surface area contributed by atoms with Crippen molar-refractivity contribution in [1.82, 2.24) is 25.1 Å². The summed E-state index contributed by atoms with van der Waals surface area (Å²) in [5, 5.41) is 7.25. The average Bonchev–Trinajstić information content (AvgIpc) is 3.21. The molecule has 2 aromatic heterocycles. The number of nitrogens with one attached hydrogen (secondary N) is 1. The monoisotopic (exact) mass is 543 g/mol. The predicted octanol–water partition coefficient (Wildman–Crippen LogP) is 4.37. The first kappa shape index (κ1) is 20.8. The maximum absolute atomic E-state index is 12.5. The van der Waals surface area contributed by atoms with Crippen LogP contribution >= 0.6 is 45.5 Å². The molecule has 1 N–H and O–H groups in total. The summed E-state index contributed by atoms with van der Waals surface area (Å²) in [6, 6.07) is 2.55. The number of halogens is 5. The quantitative estimate of drug-likeness (QED) is 0.484. The number of ether oxygens (including phenoxy) is 1. The number of hydrogen-bond acceptors (Lipinski definition) is 6. The first-order valence-corrected chi connectivity index (χ1v) is 9.78. The largest absolute Gasteiger partial charge is 0.573 e. The van der Waals surface area contributed by atoms with Gasteiger partial charge in [0, 0.05) is 10.6 Å². The van der Waals surface area contributed by atoms with E-state index in [1.165, 1.54) is 28.4 Å². The van der Waals surface area contributed by atoms with Crippen LogP contribution in [0.1, 0.15) is 29.1 Å². The summed E-state index contributed by atoms with van der Waals surface area (Å²) in [4.78, 5) is 20.8. The molecule has 0 aliphatic rings. The number of carbonyl (C=O) groups is 1. The van der Waals surface area contributed by atoms with Crippen molar-refractivity contribution in [2.24, 2.45) is 0 Å². The Balaban J connectivity index is 1.80. The lowest BCUT2D eigenvalue weighted by Crippen LogP contribution is -2.29. The number of benzene rings is 1. The van der Waals surface area contributed by atoms with Crippen molar-refractivity contribution < 1.29 is 22.7 Å². The van der Waals surface area contributed by atoms with Crippen molar-refractivity contribution in [3.8, 4) is 10.9 Å². The maximum atomic E-state index is 12.5. The normalized spacial score (nSPS) is 12.6. The fourth-order valence-electron chi connectivity index (χ4n) is 2.27. The number of alkyl halides is 3. The summed E-state index contributed by atoms with van der Waals surface area (Å²) < 4.78 is 43.5. The molecule has 0 saturated heterocycles. The van der Waals surface area contributed by atoms with Crippen LogP contribution in [-0.2, 0) is 0 Å². The van der Waals surface area contributed by atoms with Crippen molar-refractivity contribution in [3.63, 3.8) is 0 Å². The molecule has 1 aromatic carbocycles. The van der Waals surface area contributed by atoms with Crippen molar-refractivity contribution in [3.05, 3.63) is 50.0 Å². The van der Waals surface area contributed by atoms with Gasteiger partial charge in [-0.15, -0.1) is 13.2 Å². The molecule has 3 rings (SSSR count). The van der Waals surface area contributed by atoms with Crippen molar-refractivity contribution in [2.45, 2.75) is 19.3 Å². The second-order valence-electron chi connectivity index (χ2n) is 5.40. The van der Waals surface area contributed by atoms with E-state index in [0.29, 0.717) is 11.0 Å². The first-order chi connectivity index (χ1) is 13.1. The molecule has 0 saturated carbocycles. The lowest BCUT2D eigenvalue weighted by Gasteiger charge is -2.15. The predicted molar refractivity (Wildman–Crippen MR) is 104 cm³/mol. The minimum absolute atomic E-state index is 0.0694. The van der Waals surface area contributed by atoms with Gasteiger partial charge in [0.05, 0.1) is 15.1 Å². The van der Waals surface area contributed by atoms with Crippen LogP contribution in [0.3, 0.4) is 0 Å². The Kier molecular flexibility index (Phi) is 6.09. The number of carbonyl (C=O) groups excluding carboxylic acids is 1. The van der Waals surface area contributed by atoms with Gasteiger partial charge in [-0.2, -0.15) is 9.78 Å². The summed E-state index contributed by atoms with van der Waals surface area (Å²) >= 11 is 9.31. The zero-order valence-corrected chi connectivity index (χ0v) is 17.6. The zero-order valence-electron chi connectivity index (χ0n) is 13.9. The second-order valence-corrected chi connectivity index (χ2v) is 8.74. The Labute approximate surface area is 179 Å². The summed E-state index contributed by atoms with van der Waals surface area (Å²) in [6.07, 6.45) is -1.91. The van der Waals surface area contributed by atoms with E-state index in [1.807, 2.05) is 0 Å². The number of hydrogen-bond donors (Lipinski definition) is 1. The highest BCUT2D eigenvalue weighted by molar-refractivity contribution is 14.1. The Morgan fingerprint density at radius 2 is 2.11 bits per heavy atom. The number of amides is 1. The topological polar surface area (TPSA) is 81.9 Å². The Morgan fingerprint density at radius 3 is 2.75 bits per heavy atom. The Hall–Kier alpha value is -1.93. The highest BCUT2D eigenvalue weighted by atomic mass is 127. The van der Waals surface area contributed by atoms with Crippen LogP contribution in [0.4, 0.5) is 13.2 Å². The number of thiazole rings is 1. The molecule has 0 unspecified atom stereocenters. The van der Waals surface area contributed by atoms with Crippen LogP contribution in [0.5, 0.6) is 5.75 Å². The number of aromatic nitrogens is 4. The van der Waals surface area contributed by atoms with Gasteiger partial charge in [0.1, 0.15) is 12.1 Å². The minimum atomic E-state index is -4.90. The maximum Gasteiger partial charge on any atom is 0.573 e. The molecule has 0 aliphatic heterocycles. The smallest absolute Gasteiger partial charge is 0.406 e. The van der Waals surface area contributed by atoms with E-state index in [-0.39, 0.29) is 10.6 Å². The van der Waals surface area contributed by atoms with Crippen LogP contribution in [0, 0.1) is 2.88 Å². The molecule has 13 heteroatoms. The SMILES string of the molecule is C[C@H](NC(=O)c1cc(Cl)cc(OC(F)(F)F)c1)c1ncnn1-c1ncc(I)s1. The Morgan fingerprint density at radius 1 is 1.36 bits per heavy atom. The van der Waals surface area contributed by atoms with Crippen LogP contribution in [0.15, 0.2) is 30.7 Å². The number of rotatable bonds is 5. The third-order valence-electron chi connectivity index (χ3n) is 3.32. The molecule has 3 aromatic rings. The zero-order chi connectivity index (χ0) is 20.5. The van der Waals surface area contributed by atoms with E-state index in [4.69, 9.17) is 11.6 Å². The standard InChI is InChI=1S/C15H10ClF3IN5O2S/c1-7(12-22-6-23-25(12)14-21-5-11(20)28-14)24-13(26)8-2-9(16)4-10(3-8)27-15(17,18)19/h2-7H,1H3,(H,24,26)/t7-/m0/s1. The molecule has 1 amide bonds. The summed E-state index contributed by atoms with van der Waals surface area (Å²) in [7, 11) is 0. The van der Waals surface area contributed by atoms with Gasteiger partial charge in [0.15, 0.2) is 5.82 Å². The van der Waals surface area contributed by atoms with Crippen LogP contribution < -0.4 is 10.1 Å². The van der Waals surface area contributed by atoms with Gasteiger partial charge < -0.3 is 10.1 Å². The molecule has 7 nitrogen and oxygen atoms in total. The van der Waals surface area contributed by atoms with E-state index < -0.39 is 24.1 Å². The van der Waals surface area contributed by atoms with Gasteiger partial charge in [0.25, 0.3) is 5.91 Å². The van der Waals surface area contributed by atoms with Gasteiger partial charge in [-0.1, -0.05) is 22.9 Å². The summed E-state index contributed by atoms with van der Waals surface area (Å²) in [5.74, 6) is -0.823. The first-order valence-electron chi connectivity index (χ1n) is 7.51. The van der Waals surface area contributed by atoms with Crippen molar-refractivity contribution in [2.75, 3.05) is 0 Å². The summed E-state index contributed by atoms with van der Waals surface area (Å²) in [6.45, 7) is 1.66. The van der Waals surface area contributed by atoms with Crippen molar-refractivity contribution >= 4 is 51.4 Å². The molecular weight excluding hydrogens is 534 g/mol. The second kappa shape index (κ2) is 8.21. The molecule has 2 heterocycles. The molecular formula is C15H10ClF3IN5O2S. The van der Waals surface area contributed by atoms with Crippen LogP contribution in [0.2, 0.25) is 5.02 Å². The van der Waals surface area contributed by atoms with E-state index >= 15 is 0 Å². The fourth-order valence-corrected chi connectivity index (χ4v) is 3.84.